The molecule has 0 spiro atoms. The van der Waals surface area contributed by atoms with Gasteiger partial charge in [-0.05, 0) is 23.3 Å². The van der Waals surface area contributed by atoms with Crippen molar-refractivity contribution in [3.8, 4) is 6.07 Å². The summed E-state index contributed by atoms with van der Waals surface area (Å²) in [6, 6.07) is 20.7. The van der Waals surface area contributed by atoms with Crippen molar-refractivity contribution in [1.29, 1.82) is 5.26 Å². The van der Waals surface area contributed by atoms with Gasteiger partial charge in [0.25, 0.3) is 0 Å². The molecule has 0 aromatic heterocycles. The van der Waals surface area contributed by atoms with Crippen LogP contribution in [0.25, 0.3) is 0 Å². The zero-order valence-corrected chi connectivity index (χ0v) is 10.5. The van der Waals surface area contributed by atoms with Crippen molar-refractivity contribution in [2.24, 2.45) is 0 Å². The van der Waals surface area contributed by atoms with Gasteiger partial charge in [-0.15, -0.1) is 0 Å². The molecule has 1 aliphatic rings. The van der Waals surface area contributed by atoms with Crippen LogP contribution in [0, 0.1) is 11.3 Å². The molecular weight excluding hydrogens is 234 g/mol. The standard InChI is InChI=1S/C16H15N3/c17-10-12-5-4-8-14(9-12)15-11-18-19-16(15)13-6-2-1-3-7-13/h1-9,15-16,18-19H,11H2. The largest absolute Gasteiger partial charge is 0.257 e. The average molecular weight is 249 g/mol. The van der Waals surface area contributed by atoms with Crippen molar-refractivity contribution in [2.45, 2.75) is 12.0 Å². The number of nitrogens with one attached hydrogen (secondary N) is 2. The van der Waals surface area contributed by atoms with E-state index in [-0.39, 0.29) is 6.04 Å². The predicted molar refractivity (Wildman–Crippen MR) is 74.2 cm³/mol. The molecule has 2 aromatic rings. The number of nitrogens with zero attached hydrogens (tertiary/aromatic N) is 1. The van der Waals surface area contributed by atoms with Gasteiger partial charge in [0.1, 0.15) is 0 Å². The third-order valence-electron chi connectivity index (χ3n) is 3.58. The molecule has 3 rings (SSSR count). The lowest BCUT2D eigenvalue weighted by Crippen LogP contribution is -2.24. The van der Waals surface area contributed by atoms with Crippen LogP contribution >= 0.6 is 0 Å². The van der Waals surface area contributed by atoms with Crippen LogP contribution in [0.2, 0.25) is 0 Å². The normalized spacial score (nSPS) is 22.1. The van der Waals surface area contributed by atoms with Gasteiger partial charge in [0.2, 0.25) is 0 Å². The van der Waals surface area contributed by atoms with E-state index in [9.17, 15) is 0 Å². The number of hydrogen-bond acceptors (Lipinski definition) is 3. The van der Waals surface area contributed by atoms with Gasteiger partial charge in [0.15, 0.2) is 0 Å². The zero-order chi connectivity index (χ0) is 13.1. The molecule has 0 bridgehead atoms. The fourth-order valence-corrected chi connectivity index (χ4v) is 2.62. The Morgan fingerprint density at radius 2 is 1.79 bits per heavy atom. The zero-order valence-electron chi connectivity index (χ0n) is 10.5. The first-order valence-electron chi connectivity index (χ1n) is 6.42. The van der Waals surface area contributed by atoms with E-state index in [1.807, 2.05) is 24.3 Å². The molecule has 0 saturated carbocycles. The van der Waals surface area contributed by atoms with Crippen molar-refractivity contribution < 1.29 is 0 Å². The van der Waals surface area contributed by atoms with Crippen LogP contribution in [-0.2, 0) is 0 Å². The minimum atomic E-state index is 0.246. The van der Waals surface area contributed by atoms with Crippen LogP contribution in [0.4, 0.5) is 0 Å². The van der Waals surface area contributed by atoms with E-state index in [2.05, 4.69) is 47.3 Å². The Balaban J connectivity index is 1.93. The third kappa shape index (κ3) is 2.37. The predicted octanol–water partition coefficient (Wildman–Crippen LogP) is 2.49. The minimum Gasteiger partial charge on any atom is -0.257 e. The lowest BCUT2D eigenvalue weighted by atomic mass is 9.88. The highest BCUT2D eigenvalue weighted by atomic mass is 15.4. The highest BCUT2D eigenvalue weighted by Crippen LogP contribution is 2.33. The van der Waals surface area contributed by atoms with Gasteiger partial charge in [-0.3, -0.25) is 5.43 Å². The minimum absolute atomic E-state index is 0.246. The lowest BCUT2D eigenvalue weighted by molar-refractivity contribution is 0.554. The first kappa shape index (κ1) is 11.9. The Kier molecular flexibility index (Phi) is 3.28. The first-order valence-corrected chi connectivity index (χ1v) is 6.42. The van der Waals surface area contributed by atoms with Crippen LogP contribution in [0.5, 0.6) is 0 Å². The summed E-state index contributed by atoms with van der Waals surface area (Å²) >= 11 is 0. The summed E-state index contributed by atoms with van der Waals surface area (Å²) in [5, 5.41) is 9.01. The number of hydrazine groups is 1. The maximum atomic E-state index is 9.01. The molecular formula is C16H15N3. The van der Waals surface area contributed by atoms with Crippen LogP contribution < -0.4 is 10.9 Å². The Morgan fingerprint density at radius 1 is 1.00 bits per heavy atom. The summed E-state index contributed by atoms with van der Waals surface area (Å²) in [4.78, 5) is 0. The summed E-state index contributed by atoms with van der Waals surface area (Å²) in [7, 11) is 0. The van der Waals surface area contributed by atoms with Crippen LogP contribution in [0.1, 0.15) is 28.7 Å². The maximum absolute atomic E-state index is 9.01. The molecule has 2 atom stereocenters. The van der Waals surface area contributed by atoms with Gasteiger partial charge < -0.3 is 0 Å². The fraction of sp³-hybridized carbons (Fsp3) is 0.188. The van der Waals surface area contributed by atoms with Gasteiger partial charge in [0.05, 0.1) is 17.7 Å². The number of rotatable bonds is 2. The number of benzene rings is 2. The molecule has 1 fully saturated rings. The van der Waals surface area contributed by atoms with Crippen LogP contribution in [-0.4, -0.2) is 6.54 Å². The molecule has 0 amide bonds. The molecule has 3 nitrogen and oxygen atoms in total. The summed E-state index contributed by atoms with van der Waals surface area (Å²) in [6.45, 7) is 0.869. The molecule has 2 unspecified atom stereocenters. The lowest BCUT2D eigenvalue weighted by Gasteiger charge is -2.19. The van der Waals surface area contributed by atoms with Gasteiger partial charge in [-0.1, -0.05) is 42.5 Å². The second-order valence-electron chi connectivity index (χ2n) is 4.76. The van der Waals surface area contributed by atoms with Crippen molar-refractivity contribution in [2.75, 3.05) is 6.54 Å². The fourth-order valence-electron chi connectivity index (χ4n) is 2.62. The molecule has 0 radical (unpaired) electrons. The monoisotopic (exact) mass is 249 g/mol. The maximum Gasteiger partial charge on any atom is 0.0991 e. The molecule has 94 valence electrons. The quantitative estimate of drug-likeness (QED) is 0.859. The second-order valence-corrected chi connectivity index (χ2v) is 4.76. The molecule has 1 saturated heterocycles. The van der Waals surface area contributed by atoms with E-state index in [0.29, 0.717) is 5.92 Å². The highest BCUT2D eigenvalue weighted by molar-refractivity contribution is 5.37. The van der Waals surface area contributed by atoms with Crippen molar-refractivity contribution in [3.63, 3.8) is 0 Å². The van der Waals surface area contributed by atoms with Crippen molar-refractivity contribution >= 4 is 0 Å². The van der Waals surface area contributed by atoms with Crippen LogP contribution in [0.3, 0.4) is 0 Å². The summed E-state index contributed by atoms with van der Waals surface area (Å²) in [6.07, 6.45) is 0. The van der Waals surface area contributed by atoms with E-state index in [1.54, 1.807) is 0 Å². The Morgan fingerprint density at radius 3 is 2.58 bits per heavy atom. The molecule has 19 heavy (non-hydrogen) atoms. The van der Waals surface area contributed by atoms with E-state index >= 15 is 0 Å². The Hall–Kier alpha value is -2.15. The number of hydrogen-bond donors (Lipinski definition) is 2. The van der Waals surface area contributed by atoms with Crippen LogP contribution in [0.15, 0.2) is 54.6 Å². The highest BCUT2D eigenvalue weighted by Gasteiger charge is 2.29. The Labute approximate surface area is 112 Å². The van der Waals surface area contributed by atoms with Gasteiger partial charge in [-0.25, -0.2) is 5.43 Å². The van der Waals surface area contributed by atoms with Gasteiger partial charge >= 0.3 is 0 Å². The van der Waals surface area contributed by atoms with Crippen molar-refractivity contribution in [1.82, 2.24) is 10.9 Å². The van der Waals surface area contributed by atoms with Gasteiger partial charge in [0, 0.05) is 12.5 Å². The third-order valence-corrected chi connectivity index (χ3v) is 3.58. The van der Waals surface area contributed by atoms with E-state index < -0.39 is 0 Å². The number of nitriles is 1. The smallest absolute Gasteiger partial charge is 0.0991 e. The second kappa shape index (κ2) is 5.23. The van der Waals surface area contributed by atoms with E-state index in [4.69, 9.17) is 5.26 Å². The first-order chi connectivity index (χ1) is 9.38. The molecule has 0 aliphatic carbocycles. The van der Waals surface area contributed by atoms with E-state index in [1.165, 1.54) is 11.1 Å². The Bertz CT molecular complexity index is 601. The summed E-state index contributed by atoms with van der Waals surface area (Å²) in [5.41, 5.74) is 9.73. The van der Waals surface area contributed by atoms with Crippen molar-refractivity contribution in [3.05, 3.63) is 71.3 Å². The topological polar surface area (TPSA) is 47.9 Å². The SMILES string of the molecule is N#Cc1cccc(C2CNNC2c2ccccc2)c1. The molecule has 2 N–H and O–H groups in total. The summed E-state index contributed by atoms with van der Waals surface area (Å²) < 4.78 is 0. The molecule has 3 heteroatoms. The van der Waals surface area contributed by atoms with Gasteiger partial charge in [-0.2, -0.15) is 5.26 Å². The average Bonchev–Trinajstić information content (AvgIpc) is 2.98. The molecule has 2 aromatic carbocycles. The van der Waals surface area contributed by atoms with E-state index in [0.717, 1.165) is 12.1 Å². The molecule has 1 heterocycles. The summed E-state index contributed by atoms with van der Waals surface area (Å²) in [5.74, 6) is 0.343. The molecule has 1 aliphatic heterocycles.